The van der Waals surface area contributed by atoms with E-state index in [1.165, 1.54) is 0 Å². The molecule has 0 atom stereocenters. The van der Waals surface area contributed by atoms with Crippen molar-refractivity contribution in [3.63, 3.8) is 0 Å². The third-order valence-corrected chi connectivity index (χ3v) is 6.25. The number of hydrogen-bond acceptors (Lipinski definition) is 4. The number of fused-ring (bicyclic) bond motifs is 2. The molecular weight excluding hydrogens is 452 g/mol. The molecule has 146 valence electrons. The van der Waals surface area contributed by atoms with E-state index in [2.05, 4.69) is 31.2 Å². The van der Waals surface area contributed by atoms with Crippen molar-refractivity contribution in [3.05, 3.63) is 74.5 Å². The topological polar surface area (TPSA) is 58.1 Å². The van der Waals surface area contributed by atoms with Crippen LogP contribution >= 0.6 is 27.5 Å². The summed E-state index contributed by atoms with van der Waals surface area (Å²) in [6.45, 7) is 4.47. The largest absolute Gasteiger partial charge is 0.318 e. The molecule has 1 aliphatic rings. The van der Waals surface area contributed by atoms with E-state index >= 15 is 0 Å². The maximum Gasteiger partial charge on any atom is 0.259 e. The summed E-state index contributed by atoms with van der Waals surface area (Å²) in [7, 11) is 0. The highest BCUT2D eigenvalue weighted by atomic mass is 79.9. The Kier molecular flexibility index (Phi) is 5.39. The molecule has 5 nitrogen and oxygen atoms in total. The number of carbonyl (C=O) groups excluding carboxylic acids is 1. The molecule has 3 aromatic rings. The zero-order valence-electron chi connectivity index (χ0n) is 15.9. The number of nitrogens with one attached hydrogen (secondary N) is 1. The fraction of sp³-hybridized carbons (Fsp3) is 0.136. The van der Waals surface area contributed by atoms with Gasteiger partial charge in [0.05, 0.1) is 15.7 Å². The number of amides is 1. The molecule has 1 N–H and O–H groups in total. The Morgan fingerprint density at radius 2 is 1.90 bits per heavy atom. The molecule has 0 radical (unpaired) electrons. The van der Waals surface area contributed by atoms with Crippen molar-refractivity contribution < 1.29 is 4.79 Å². The summed E-state index contributed by atoms with van der Waals surface area (Å²) in [4.78, 5) is 24.0. The van der Waals surface area contributed by atoms with Gasteiger partial charge in [0.2, 0.25) is 0 Å². The first-order valence-electron chi connectivity index (χ1n) is 9.17. The third-order valence-electron chi connectivity index (χ3n) is 4.78. The van der Waals surface area contributed by atoms with Crippen LogP contribution in [0.1, 0.15) is 34.0 Å². The number of rotatable bonds is 3. The molecule has 0 spiro atoms. The Hall–Kier alpha value is -2.70. The molecule has 1 amide bonds. The number of hydrogen-bond donors (Lipinski definition) is 1. The van der Waals surface area contributed by atoms with Crippen LogP contribution in [0.4, 0.5) is 17.3 Å². The predicted octanol–water partition coefficient (Wildman–Crippen LogP) is 6.10. The fourth-order valence-electron chi connectivity index (χ4n) is 3.26. The van der Waals surface area contributed by atoms with Crippen LogP contribution in [0.3, 0.4) is 0 Å². The molecule has 2 aromatic heterocycles. The summed E-state index contributed by atoms with van der Waals surface area (Å²) in [6.07, 6.45) is 5.70. The van der Waals surface area contributed by atoms with Crippen molar-refractivity contribution in [2.75, 3.05) is 16.8 Å². The van der Waals surface area contributed by atoms with Gasteiger partial charge in [-0.05, 0) is 52.5 Å². The van der Waals surface area contributed by atoms with Crippen molar-refractivity contribution in [2.24, 2.45) is 0 Å². The van der Waals surface area contributed by atoms with E-state index in [9.17, 15) is 4.79 Å². The molecular formula is C22H18BrClN4O. The lowest BCUT2D eigenvalue weighted by Crippen LogP contribution is -2.20. The van der Waals surface area contributed by atoms with Gasteiger partial charge in [-0.15, -0.1) is 0 Å². The van der Waals surface area contributed by atoms with E-state index in [-0.39, 0.29) is 5.91 Å². The molecule has 3 heterocycles. The van der Waals surface area contributed by atoms with Gasteiger partial charge in [-0.1, -0.05) is 54.1 Å². The number of carbonyl (C=O) groups is 1. The van der Waals surface area contributed by atoms with Crippen LogP contribution < -0.4 is 10.2 Å². The van der Waals surface area contributed by atoms with Gasteiger partial charge in [-0.3, -0.25) is 4.79 Å². The molecule has 0 saturated carbocycles. The van der Waals surface area contributed by atoms with Crippen molar-refractivity contribution in [2.45, 2.75) is 13.8 Å². The number of anilines is 3. The lowest BCUT2D eigenvalue weighted by Gasteiger charge is -2.23. The summed E-state index contributed by atoms with van der Waals surface area (Å²) in [5.74, 6) is 0.926. The minimum atomic E-state index is -0.223. The number of aromatic nitrogens is 2. The number of halogens is 2. The molecule has 0 saturated heterocycles. The summed E-state index contributed by atoms with van der Waals surface area (Å²) in [6, 6.07) is 11.8. The maximum atomic E-state index is 13.0. The molecule has 1 aromatic carbocycles. The summed E-state index contributed by atoms with van der Waals surface area (Å²) in [5, 5.41) is 3.33. The second-order valence-corrected chi connectivity index (χ2v) is 7.77. The van der Waals surface area contributed by atoms with Crippen LogP contribution in [-0.4, -0.2) is 22.4 Å². The number of benzene rings is 1. The molecule has 4 rings (SSSR count). The Morgan fingerprint density at radius 1 is 1.17 bits per heavy atom. The van der Waals surface area contributed by atoms with E-state index in [4.69, 9.17) is 11.6 Å². The van der Waals surface area contributed by atoms with Gasteiger partial charge in [0.25, 0.3) is 5.91 Å². The highest BCUT2D eigenvalue weighted by molar-refractivity contribution is 9.10. The third kappa shape index (κ3) is 3.66. The van der Waals surface area contributed by atoms with Gasteiger partial charge in [-0.2, -0.15) is 0 Å². The SMILES string of the molecule is CCN1c2ncc(C=Cc3ccccc3)cc2C(=O)Nc2c1nc(Cl)c(Br)c2C. The normalized spacial score (nSPS) is 13.1. The maximum absolute atomic E-state index is 13.0. The Balaban J connectivity index is 1.80. The van der Waals surface area contributed by atoms with Crippen LogP contribution in [0.25, 0.3) is 12.2 Å². The smallest absolute Gasteiger partial charge is 0.259 e. The Labute approximate surface area is 182 Å². The van der Waals surface area contributed by atoms with Crippen LogP contribution in [0.2, 0.25) is 5.15 Å². The molecule has 0 aliphatic carbocycles. The molecule has 1 aliphatic heterocycles. The Morgan fingerprint density at radius 3 is 2.62 bits per heavy atom. The first kappa shape index (κ1) is 19.6. The highest BCUT2D eigenvalue weighted by Gasteiger charge is 2.29. The lowest BCUT2D eigenvalue weighted by molar-refractivity contribution is 0.102. The van der Waals surface area contributed by atoms with Crippen LogP contribution in [0.5, 0.6) is 0 Å². The van der Waals surface area contributed by atoms with Crippen molar-refractivity contribution >= 4 is 62.9 Å². The van der Waals surface area contributed by atoms with Crippen molar-refractivity contribution in [1.82, 2.24) is 9.97 Å². The van der Waals surface area contributed by atoms with E-state index in [1.54, 1.807) is 6.20 Å². The molecule has 7 heteroatoms. The molecule has 0 unspecified atom stereocenters. The zero-order chi connectivity index (χ0) is 20.5. The predicted molar refractivity (Wildman–Crippen MR) is 122 cm³/mol. The van der Waals surface area contributed by atoms with Gasteiger partial charge >= 0.3 is 0 Å². The first-order valence-corrected chi connectivity index (χ1v) is 10.3. The fourth-order valence-corrected chi connectivity index (χ4v) is 3.77. The van der Waals surface area contributed by atoms with Crippen LogP contribution in [0.15, 0.2) is 47.1 Å². The number of nitrogens with zero attached hydrogens (tertiary/aromatic N) is 3. The second-order valence-electron chi connectivity index (χ2n) is 6.62. The van der Waals surface area contributed by atoms with E-state index in [1.807, 2.05) is 67.3 Å². The standard InChI is InChI=1S/C22H18BrClN4O/c1-3-28-20-16(11-15(12-25-20)10-9-14-7-5-4-6-8-14)22(29)26-18-13(2)17(23)19(24)27-21(18)28/h4-12H,3H2,1-2H3,(H,26,29). The minimum Gasteiger partial charge on any atom is -0.318 e. The van der Waals surface area contributed by atoms with E-state index in [0.717, 1.165) is 16.7 Å². The van der Waals surface area contributed by atoms with Gasteiger partial charge in [0.15, 0.2) is 5.82 Å². The van der Waals surface area contributed by atoms with Crippen LogP contribution in [0, 0.1) is 6.92 Å². The monoisotopic (exact) mass is 468 g/mol. The van der Waals surface area contributed by atoms with E-state index in [0.29, 0.717) is 39.1 Å². The summed E-state index contributed by atoms with van der Waals surface area (Å²) >= 11 is 9.73. The van der Waals surface area contributed by atoms with Crippen molar-refractivity contribution in [3.8, 4) is 0 Å². The van der Waals surface area contributed by atoms with Gasteiger partial charge in [-0.25, -0.2) is 9.97 Å². The summed E-state index contributed by atoms with van der Waals surface area (Å²) in [5.41, 5.74) is 3.87. The lowest BCUT2D eigenvalue weighted by atomic mass is 10.1. The van der Waals surface area contributed by atoms with Gasteiger partial charge in [0, 0.05) is 12.7 Å². The van der Waals surface area contributed by atoms with Gasteiger partial charge < -0.3 is 10.2 Å². The van der Waals surface area contributed by atoms with Crippen LogP contribution in [-0.2, 0) is 0 Å². The molecule has 0 bridgehead atoms. The number of pyridine rings is 2. The molecule has 29 heavy (non-hydrogen) atoms. The second kappa shape index (κ2) is 7.97. The zero-order valence-corrected chi connectivity index (χ0v) is 18.3. The quantitative estimate of drug-likeness (QED) is 0.471. The first-order chi connectivity index (χ1) is 14.0. The highest BCUT2D eigenvalue weighted by Crippen LogP contribution is 2.41. The Bertz CT molecular complexity index is 1130. The average molecular weight is 470 g/mol. The van der Waals surface area contributed by atoms with Gasteiger partial charge in [0.1, 0.15) is 11.0 Å². The van der Waals surface area contributed by atoms with Crippen molar-refractivity contribution in [1.29, 1.82) is 0 Å². The van der Waals surface area contributed by atoms with E-state index < -0.39 is 0 Å². The minimum absolute atomic E-state index is 0.223. The molecule has 0 fully saturated rings. The summed E-state index contributed by atoms with van der Waals surface area (Å²) < 4.78 is 0.666. The average Bonchev–Trinajstić information content (AvgIpc) is 2.85.